The van der Waals surface area contributed by atoms with Crippen molar-refractivity contribution in [1.29, 1.82) is 0 Å². The topological polar surface area (TPSA) is 200 Å². The van der Waals surface area contributed by atoms with Gasteiger partial charge in [-0.05, 0) is 73.3 Å². The van der Waals surface area contributed by atoms with Crippen molar-refractivity contribution in [3.8, 4) is 0 Å². The van der Waals surface area contributed by atoms with Crippen molar-refractivity contribution in [2.75, 3.05) is 11.5 Å². The van der Waals surface area contributed by atoms with E-state index in [0.717, 1.165) is 0 Å². The minimum absolute atomic E-state index is 0. The van der Waals surface area contributed by atoms with Crippen molar-refractivity contribution in [2.24, 2.45) is 0 Å². The molecule has 4 rings (SSSR count). The van der Waals surface area contributed by atoms with Gasteiger partial charge in [-0.15, -0.1) is 0 Å². The van der Waals surface area contributed by atoms with E-state index < -0.39 is 20.0 Å². The van der Waals surface area contributed by atoms with Crippen LogP contribution in [-0.2, 0) is 39.5 Å². The number of nitrogen functional groups attached to an aromatic ring is 2. The molecule has 2 aromatic carbocycles. The zero-order valence-electron chi connectivity index (χ0n) is 18.1. The fourth-order valence-corrected chi connectivity index (χ4v) is 4.07. The summed E-state index contributed by atoms with van der Waals surface area (Å²) >= 11 is 0. The minimum atomic E-state index is -3.79. The number of benzene rings is 2. The Bertz CT molecular complexity index is 1310. The van der Waals surface area contributed by atoms with Gasteiger partial charge in [-0.2, -0.15) is 0 Å². The maximum atomic E-state index is 11.8. The number of aromatic nitrogens is 4. The molecule has 0 aliphatic rings. The van der Waals surface area contributed by atoms with Crippen LogP contribution in [0.1, 0.15) is 0 Å². The second kappa shape index (κ2) is 12.2. The molecule has 2 aromatic heterocycles. The molecule has 0 spiro atoms. The molecule has 176 valence electrons. The molecule has 0 fully saturated rings. The van der Waals surface area contributed by atoms with Gasteiger partial charge in [-0.3, -0.25) is 9.44 Å². The molecule has 0 aliphatic carbocycles. The van der Waals surface area contributed by atoms with Crippen molar-refractivity contribution in [3.05, 3.63) is 94.9 Å². The van der Waals surface area contributed by atoms with Crippen LogP contribution in [0.4, 0.5) is 23.3 Å². The zero-order chi connectivity index (χ0) is 24.6. The Balaban J connectivity index is 0.000000240. The summed E-state index contributed by atoms with van der Waals surface area (Å²) in [7, 11) is -7.57. The van der Waals surface area contributed by atoms with Crippen LogP contribution >= 0.6 is 0 Å². The fourth-order valence-electron chi connectivity index (χ4n) is 2.28. The average molecular weight is 564 g/mol. The summed E-state index contributed by atoms with van der Waals surface area (Å²) in [5.41, 5.74) is 11.9. The molecule has 0 aliphatic heterocycles. The van der Waals surface area contributed by atoms with Crippen molar-refractivity contribution < 1.29 is 36.3 Å². The summed E-state index contributed by atoms with van der Waals surface area (Å²) in [4.78, 5) is 15.0. The van der Waals surface area contributed by atoms with Crippen LogP contribution in [0.2, 0.25) is 0 Å². The Morgan fingerprint density at radius 3 is 1.11 bits per heavy atom. The zero-order valence-corrected chi connectivity index (χ0v) is 22.7. The third-order valence-electron chi connectivity index (χ3n) is 3.86. The van der Waals surface area contributed by atoms with E-state index in [2.05, 4.69) is 29.4 Å². The molecule has 2 heterocycles. The molecule has 4 aromatic rings. The standard InChI is InChI=1S/2C10H9N4O2S.Zn/c2*11-8-2-4-9(5-3-8)17(15,16)14-10-12-6-1-7-13-10;/h2*1-7H,11H2;/q2*-1;+2. The molecule has 0 unspecified atom stereocenters. The number of nitrogens with zero attached hydrogens (tertiary/aromatic N) is 6. The Kier molecular flexibility index (Phi) is 9.57. The normalized spacial score (nSPS) is 10.7. The fraction of sp³-hybridized carbons (Fsp3) is 0. The minimum Gasteiger partial charge on any atom is -0.399 e. The van der Waals surface area contributed by atoms with E-state index in [1.807, 2.05) is 0 Å². The summed E-state index contributed by atoms with van der Waals surface area (Å²) in [6, 6.07) is 14.7. The van der Waals surface area contributed by atoms with E-state index in [9.17, 15) is 16.8 Å². The molecule has 0 atom stereocenters. The Morgan fingerprint density at radius 1 is 0.543 bits per heavy atom. The predicted octanol–water partition coefficient (Wildman–Crippen LogP) is 2.90. The van der Waals surface area contributed by atoms with Crippen LogP contribution in [0.5, 0.6) is 0 Å². The predicted molar refractivity (Wildman–Crippen MR) is 126 cm³/mol. The Labute approximate surface area is 215 Å². The first-order chi connectivity index (χ1) is 16.2. The molecule has 35 heavy (non-hydrogen) atoms. The summed E-state index contributed by atoms with van der Waals surface area (Å²) in [5, 5.41) is 0. The molecule has 0 radical (unpaired) electrons. The third-order valence-corrected chi connectivity index (χ3v) is 6.41. The monoisotopic (exact) mass is 562 g/mol. The van der Waals surface area contributed by atoms with Gasteiger partial charge < -0.3 is 31.4 Å². The maximum absolute atomic E-state index is 11.8. The smallest absolute Gasteiger partial charge is 0.399 e. The number of anilines is 2. The summed E-state index contributed by atoms with van der Waals surface area (Å²) < 4.78 is 54.3. The quantitative estimate of drug-likeness (QED) is 0.259. The van der Waals surface area contributed by atoms with Crippen molar-refractivity contribution >= 4 is 43.3 Å². The number of hydrogen-bond donors (Lipinski definition) is 2. The molecular weight excluding hydrogens is 546 g/mol. The first kappa shape index (κ1) is 27.6. The largest absolute Gasteiger partial charge is 2.00 e. The van der Waals surface area contributed by atoms with Gasteiger partial charge in [-0.25, -0.2) is 16.8 Å². The second-order valence-corrected chi connectivity index (χ2v) is 9.58. The Morgan fingerprint density at radius 2 is 0.829 bits per heavy atom. The van der Waals surface area contributed by atoms with Gasteiger partial charge in [0.2, 0.25) is 20.0 Å². The van der Waals surface area contributed by atoms with Crippen LogP contribution in [-0.4, -0.2) is 36.8 Å². The molecule has 4 N–H and O–H groups in total. The third kappa shape index (κ3) is 8.24. The summed E-state index contributed by atoms with van der Waals surface area (Å²) in [5.74, 6) is -0.186. The van der Waals surface area contributed by atoms with Gasteiger partial charge in [0, 0.05) is 23.3 Å². The van der Waals surface area contributed by atoms with Crippen LogP contribution in [0.25, 0.3) is 9.44 Å². The van der Waals surface area contributed by atoms with Crippen LogP contribution < -0.4 is 11.5 Å². The molecule has 0 bridgehead atoms. The van der Waals surface area contributed by atoms with Crippen LogP contribution in [0.15, 0.2) is 95.2 Å². The maximum Gasteiger partial charge on any atom is 2.00 e. The van der Waals surface area contributed by atoms with Crippen molar-refractivity contribution in [1.82, 2.24) is 19.9 Å². The summed E-state index contributed by atoms with van der Waals surface area (Å²) in [6.07, 6.45) is 5.68. The average Bonchev–Trinajstić information content (AvgIpc) is 2.81. The molecule has 0 saturated carbocycles. The van der Waals surface area contributed by atoms with E-state index in [-0.39, 0.29) is 41.2 Å². The van der Waals surface area contributed by atoms with Gasteiger partial charge in [0.1, 0.15) is 0 Å². The van der Waals surface area contributed by atoms with E-state index in [1.54, 1.807) is 12.1 Å². The Hall–Kier alpha value is -3.68. The number of hydrogen-bond acceptors (Lipinski definition) is 10. The SMILES string of the molecule is Nc1ccc(S(=O)(=O)[N-]c2ncccn2)cc1.Nc1ccc(S(=O)(=O)[N-]c2ncccn2)cc1.[Zn+2]. The van der Waals surface area contributed by atoms with Gasteiger partial charge in [0.15, 0.2) is 0 Å². The van der Waals surface area contributed by atoms with E-state index in [4.69, 9.17) is 11.5 Å². The summed E-state index contributed by atoms with van der Waals surface area (Å²) in [6.45, 7) is 0. The molecule has 0 saturated heterocycles. The molecule has 12 nitrogen and oxygen atoms in total. The molecule has 15 heteroatoms. The van der Waals surface area contributed by atoms with E-state index in [1.165, 1.54) is 73.3 Å². The van der Waals surface area contributed by atoms with Gasteiger partial charge in [0.05, 0.1) is 9.79 Å². The van der Waals surface area contributed by atoms with Gasteiger partial charge in [-0.1, -0.05) is 12.1 Å². The van der Waals surface area contributed by atoms with Gasteiger partial charge in [0.25, 0.3) is 0 Å². The van der Waals surface area contributed by atoms with Crippen molar-refractivity contribution in [3.63, 3.8) is 0 Å². The van der Waals surface area contributed by atoms with Crippen LogP contribution in [0, 0.1) is 0 Å². The molecule has 0 amide bonds. The van der Waals surface area contributed by atoms with E-state index >= 15 is 0 Å². The first-order valence-electron chi connectivity index (χ1n) is 9.37. The first-order valence-corrected chi connectivity index (χ1v) is 12.2. The van der Waals surface area contributed by atoms with Gasteiger partial charge >= 0.3 is 19.5 Å². The second-order valence-electron chi connectivity index (χ2n) is 6.37. The van der Waals surface area contributed by atoms with Crippen LogP contribution in [0.3, 0.4) is 0 Å². The number of rotatable bonds is 6. The molecular formula is C20H18N8O4S2Zn. The van der Waals surface area contributed by atoms with Crippen molar-refractivity contribution in [2.45, 2.75) is 9.79 Å². The number of nitrogens with two attached hydrogens (primary N) is 2. The van der Waals surface area contributed by atoms with E-state index in [0.29, 0.717) is 11.4 Å². The number of sulfonamides is 2.